The van der Waals surface area contributed by atoms with Gasteiger partial charge in [-0.1, -0.05) is 51.5 Å². The third-order valence-corrected chi connectivity index (χ3v) is 5.07. The summed E-state index contributed by atoms with van der Waals surface area (Å²) in [6.07, 6.45) is 2.63. The van der Waals surface area contributed by atoms with Crippen LogP contribution in [0.1, 0.15) is 11.1 Å². The van der Waals surface area contributed by atoms with E-state index in [1.54, 1.807) is 0 Å². The molecule has 3 nitrogen and oxygen atoms in total. The molecule has 1 aromatic heterocycles. The number of amides is 1. The zero-order valence-corrected chi connectivity index (χ0v) is 13.9. The highest BCUT2D eigenvalue weighted by atomic mass is 79.9. The van der Waals surface area contributed by atoms with E-state index < -0.39 is 0 Å². The number of carbonyl (C=O) groups is 1. The van der Waals surface area contributed by atoms with Gasteiger partial charge >= 0.3 is 0 Å². The predicted octanol–water partition coefficient (Wildman–Crippen LogP) is 4.64. The minimum atomic E-state index is -0.0747. The van der Waals surface area contributed by atoms with E-state index in [2.05, 4.69) is 32.3 Å². The van der Waals surface area contributed by atoms with Crippen LogP contribution in [0.3, 0.4) is 0 Å². The van der Waals surface area contributed by atoms with Gasteiger partial charge < -0.3 is 0 Å². The van der Waals surface area contributed by atoms with Gasteiger partial charge in [-0.15, -0.1) is 0 Å². The Kier molecular flexibility index (Phi) is 3.32. The third kappa shape index (κ3) is 2.46. The summed E-state index contributed by atoms with van der Waals surface area (Å²) in [5, 5.41) is 3.55. The molecule has 3 aromatic rings. The molecule has 0 fully saturated rings. The second kappa shape index (κ2) is 5.34. The van der Waals surface area contributed by atoms with Crippen LogP contribution >= 0.6 is 27.3 Å². The van der Waals surface area contributed by atoms with Crippen molar-refractivity contribution >= 4 is 54.6 Å². The number of anilines is 1. The lowest BCUT2D eigenvalue weighted by Gasteiger charge is -2.01. The van der Waals surface area contributed by atoms with Crippen molar-refractivity contribution < 1.29 is 4.79 Å². The SMILES string of the molecule is O=C(Nc1nc2cc(Br)ccc2s1)C1=Cc2ccccc2C1. The van der Waals surface area contributed by atoms with Crippen molar-refractivity contribution in [1.82, 2.24) is 4.98 Å². The number of thiazole rings is 1. The lowest BCUT2D eigenvalue weighted by molar-refractivity contribution is -0.112. The number of nitrogens with one attached hydrogen (secondary N) is 1. The number of hydrogen-bond acceptors (Lipinski definition) is 3. The average Bonchev–Trinajstić information content (AvgIpc) is 3.09. The first-order valence-electron chi connectivity index (χ1n) is 6.85. The Morgan fingerprint density at radius 1 is 1.23 bits per heavy atom. The highest BCUT2D eigenvalue weighted by molar-refractivity contribution is 9.10. The maximum atomic E-state index is 12.4. The number of carbonyl (C=O) groups excluding carboxylic acids is 1. The second-order valence-corrected chi connectivity index (χ2v) is 7.08. The van der Waals surface area contributed by atoms with Crippen LogP contribution in [0, 0.1) is 0 Å². The normalized spacial score (nSPS) is 13.0. The molecule has 0 aliphatic heterocycles. The van der Waals surface area contributed by atoms with E-state index in [1.165, 1.54) is 16.9 Å². The fraction of sp³-hybridized carbons (Fsp3) is 0.0588. The molecule has 4 rings (SSSR count). The Balaban J connectivity index is 1.57. The van der Waals surface area contributed by atoms with Crippen molar-refractivity contribution in [3.63, 3.8) is 0 Å². The van der Waals surface area contributed by atoms with Crippen molar-refractivity contribution in [2.45, 2.75) is 6.42 Å². The first-order valence-corrected chi connectivity index (χ1v) is 8.46. The fourth-order valence-corrected chi connectivity index (χ4v) is 3.75. The largest absolute Gasteiger partial charge is 0.298 e. The molecule has 5 heteroatoms. The molecule has 1 heterocycles. The quantitative estimate of drug-likeness (QED) is 0.713. The molecule has 0 radical (unpaired) electrons. The molecule has 1 aliphatic rings. The van der Waals surface area contributed by atoms with Gasteiger partial charge in [0.15, 0.2) is 5.13 Å². The number of benzene rings is 2. The number of halogens is 1. The zero-order valence-electron chi connectivity index (χ0n) is 11.5. The maximum absolute atomic E-state index is 12.4. The van der Waals surface area contributed by atoms with E-state index in [0.717, 1.165) is 25.8 Å². The van der Waals surface area contributed by atoms with E-state index in [-0.39, 0.29) is 5.91 Å². The lowest BCUT2D eigenvalue weighted by atomic mass is 10.1. The molecular formula is C17H11BrN2OS. The van der Waals surface area contributed by atoms with Crippen LogP contribution in [0.15, 0.2) is 52.5 Å². The van der Waals surface area contributed by atoms with Gasteiger partial charge in [-0.25, -0.2) is 4.98 Å². The van der Waals surface area contributed by atoms with E-state index in [9.17, 15) is 4.79 Å². The van der Waals surface area contributed by atoms with E-state index in [0.29, 0.717) is 11.6 Å². The third-order valence-electron chi connectivity index (χ3n) is 3.63. The number of nitrogens with zero attached hydrogens (tertiary/aromatic N) is 1. The van der Waals surface area contributed by atoms with Crippen molar-refractivity contribution in [1.29, 1.82) is 0 Å². The summed E-state index contributed by atoms with van der Waals surface area (Å²) in [5.41, 5.74) is 3.99. The Morgan fingerprint density at radius 3 is 2.95 bits per heavy atom. The Bertz CT molecular complexity index is 929. The van der Waals surface area contributed by atoms with E-state index in [1.807, 2.05) is 42.5 Å². The van der Waals surface area contributed by atoms with Crippen molar-refractivity contribution in [2.24, 2.45) is 0 Å². The van der Waals surface area contributed by atoms with Gasteiger partial charge in [-0.3, -0.25) is 10.1 Å². The van der Waals surface area contributed by atoms with Gasteiger partial charge in [0.1, 0.15) is 0 Å². The Labute approximate surface area is 139 Å². The van der Waals surface area contributed by atoms with Gasteiger partial charge in [-0.05, 0) is 35.4 Å². The van der Waals surface area contributed by atoms with Crippen LogP contribution in [0.4, 0.5) is 5.13 Å². The van der Waals surface area contributed by atoms with Gasteiger partial charge in [-0.2, -0.15) is 0 Å². The molecule has 0 saturated heterocycles. The summed E-state index contributed by atoms with van der Waals surface area (Å²) in [6, 6.07) is 14.0. The smallest absolute Gasteiger partial charge is 0.253 e. The van der Waals surface area contributed by atoms with Crippen LogP contribution in [0.5, 0.6) is 0 Å². The summed E-state index contributed by atoms with van der Waals surface area (Å²) in [5.74, 6) is -0.0747. The van der Waals surface area contributed by atoms with Gasteiger partial charge in [0.05, 0.1) is 10.2 Å². The van der Waals surface area contributed by atoms with Crippen molar-refractivity contribution in [2.75, 3.05) is 5.32 Å². The molecular weight excluding hydrogens is 360 g/mol. The minimum Gasteiger partial charge on any atom is -0.298 e. The van der Waals surface area contributed by atoms with Crippen LogP contribution in [-0.4, -0.2) is 10.9 Å². The van der Waals surface area contributed by atoms with Gasteiger partial charge in [0.2, 0.25) is 0 Å². The number of aromatic nitrogens is 1. The summed E-state index contributed by atoms with van der Waals surface area (Å²) in [4.78, 5) is 16.9. The first-order chi connectivity index (χ1) is 10.7. The molecule has 0 bridgehead atoms. The molecule has 108 valence electrons. The summed E-state index contributed by atoms with van der Waals surface area (Å²) in [6.45, 7) is 0. The maximum Gasteiger partial charge on any atom is 0.253 e. The zero-order chi connectivity index (χ0) is 15.1. The van der Waals surface area contributed by atoms with Crippen molar-refractivity contribution in [3.8, 4) is 0 Å². The molecule has 0 spiro atoms. The number of rotatable bonds is 2. The summed E-state index contributed by atoms with van der Waals surface area (Å²) in [7, 11) is 0. The second-order valence-electron chi connectivity index (χ2n) is 5.13. The number of fused-ring (bicyclic) bond motifs is 2. The predicted molar refractivity (Wildman–Crippen MR) is 94.1 cm³/mol. The average molecular weight is 371 g/mol. The minimum absolute atomic E-state index is 0.0747. The van der Waals surface area contributed by atoms with E-state index >= 15 is 0 Å². The summed E-state index contributed by atoms with van der Waals surface area (Å²) >= 11 is 4.92. The molecule has 2 aromatic carbocycles. The van der Waals surface area contributed by atoms with Gasteiger partial charge in [0.25, 0.3) is 5.91 Å². The molecule has 1 aliphatic carbocycles. The molecule has 22 heavy (non-hydrogen) atoms. The molecule has 1 amide bonds. The molecule has 0 atom stereocenters. The summed E-state index contributed by atoms with van der Waals surface area (Å²) < 4.78 is 2.04. The molecule has 0 saturated carbocycles. The standard InChI is InChI=1S/C17H11BrN2OS/c18-13-5-6-15-14(9-13)19-17(22-15)20-16(21)12-7-10-3-1-2-4-11(10)8-12/h1-7,9H,8H2,(H,19,20,21). The topological polar surface area (TPSA) is 42.0 Å². The first kappa shape index (κ1) is 13.7. The fourth-order valence-electron chi connectivity index (χ4n) is 2.56. The molecule has 0 unspecified atom stereocenters. The monoisotopic (exact) mass is 370 g/mol. The highest BCUT2D eigenvalue weighted by Gasteiger charge is 2.19. The van der Waals surface area contributed by atoms with Crippen LogP contribution in [0.2, 0.25) is 0 Å². The van der Waals surface area contributed by atoms with Crippen LogP contribution in [-0.2, 0) is 11.2 Å². The Hall–Kier alpha value is -1.98. The van der Waals surface area contributed by atoms with Crippen molar-refractivity contribution in [3.05, 3.63) is 63.6 Å². The lowest BCUT2D eigenvalue weighted by Crippen LogP contribution is -2.14. The van der Waals surface area contributed by atoms with Crippen LogP contribution < -0.4 is 5.32 Å². The highest BCUT2D eigenvalue weighted by Crippen LogP contribution is 2.30. The Morgan fingerprint density at radius 2 is 2.09 bits per heavy atom. The van der Waals surface area contributed by atoms with Gasteiger partial charge in [0, 0.05) is 16.5 Å². The van der Waals surface area contributed by atoms with Crippen LogP contribution in [0.25, 0.3) is 16.3 Å². The van der Waals surface area contributed by atoms with E-state index in [4.69, 9.17) is 0 Å². The molecule has 1 N–H and O–H groups in total. The number of hydrogen-bond donors (Lipinski definition) is 1.